The molecule has 0 amide bonds. The van der Waals surface area contributed by atoms with Crippen LogP contribution in [0.5, 0.6) is 0 Å². The Morgan fingerprint density at radius 3 is 3.33 bits per heavy atom. The van der Waals surface area contributed by atoms with Crippen LogP contribution in [0.1, 0.15) is 6.42 Å². The van der Waals surface area contributed by atoms with Gasteiger partial charge in [0.25, 0.3) is 0 Å². The fourth-order valence-electron chi connectivity index (χ4n) is 2.16. The normalized spacial score (nSPS) is 36.6. The molecule has 3 nitrogen and oxygen atoms in total. The smallest absolute Gasteiger partial charge is 0.233 e. The molecule has 0 fully saturated rings. The lowest BCUT2D eigenvalue weighted by Gasteiger charge is -2.24. The van der Waals surface area contributed by atoms with Crippen molar-refractivity contribution in [2.45, 2.75) is 6.42 Å². The van der Waals surface area contributed by atoms with Gasteiger partial charge in [-0.15, -0.1) is 0 Å². The standard InChI is InChI=1S/C9H12N2O/c1-11-5-3-9(6-11)2-4-10-8-7(9)12-8/h3,5,10H,2,4,6H2,1H3/t9-/m0/s1. The van der Waals surface area contributed by atoms with E-state index in [2.05, 4.69) is 29.5 Å². The topological polar surface area (TPSA) is 27.8 Å². The highest BCUT2D eigenvalue weighted by Crippen LogP contribution is 2.49. The van der Waals surface area contributed by atoms with Gasteiger partial charge in [-0.05, 0) is 12.6 Å². The summed E-state index contributed by atoms with van der Waals surface area (Å²) in [6, 6.07) is 0. The molecule has 1 atom stereocenters. The van der Waals surface area contributed by atoms with Gasteiger partial charge in [0, 0.05) is 20.1 Å². The van der Waals surface area contributed by atoms with Gasteiger partial charge < -0.3 is 15.0 Å². The molecule has 0 saturated carbocycles. The van der Waals surface area contributed by atoms with Crippen LogP contribution in [0, 0.1) is 5.41 Å². The van der Waals surface area contributed by atoms with Crippen molar-refractivity contribution in [3.8, 4) is 0 Å². The molecular formula is C9H12N2O. The van der Waals surface area contributed by atoms with Gasteiger partial charge in [0.1, 0.15) is 0 Å². The maximum Gasteiger partial charge on any atom is 0.233 e. The first-order valence-electron chi connectivity index (χ1n) is 4.36. The molecule has 64 valence electrons. The van der Waals surface area contributed by atoms with E-state index in [1.54, 1.807) is 0 Å². The van der Waals surface area contributed by atoms with Crippen LogP contribution < -0.4 is 5.32 Å². The highest BCUT2D eigenvalue weighted by molar-refractivity contribution is 5.35. The van der Waals surface area contributed by atoms with E-state index in [9.17, 15) is 0 Å². The molecule has 3 heteroatoms. The number of ether oxygens (including phenoxy) is 1. The van der Waals surface area contributed by atoms with Gasteiger partial charge >= 0.3 is 0 Å². The molecule has 0 aliphatic carbocycles. The summed E-state index contributed by atoms with van der Waals surface area (Å²) in [4.78, 5) is 2.22. The van der Waals surface area contributed by atoms with Crippen LogP contribution >= 0.6 is 0 Å². The van der Waals surface area contributed by atoms with Crippen molar-refractivity contribution in [2.24, 2.45) is 5.41 Å². The molecule has 3 aliphatic heterocycles. The summed E-state index contributed by atoms with van der Waals surface area (Å²) in [6.45, 7) is 2.12. The average Bonchev–Trinajstić information content (AvgIpc) is 2.74. The minimum atomic E-state index is 0.218. The molecule has 3 heterocycles. The third-order valence-corrected chi connectivity index (χ3v) is 2.86. The van der Waals surface area contributed by atoms with Gasteiger partial charge in [-0.25, -0.2) is 0 Å². The first kappa shape index (κ1) is 6.40. The first-order chi connectivity index (χ1) is 5.80. The Morgan fingerprint density at radius 2 is 2.58 bits per heavy atom. The van der Waals surface area contributed by atoms with Gasteiger partial charge in [0.15, 0.2) is 5.76 Å². The van der Waals surface area contributed by atoms with E-state index >= 15 is 0 Å². The maximum atomic E-state index is 5.41. The largest absolute Gasteiger partial charge is 0.436 e. The lowest BCUT2D eigenvalue weighted by Crippen LogP contribution is -2.31. The summed E-state index contributed by atoms with van der Waals surface area (Å²) in [6.07, 6.45) is 5.58. The number of nitrogens with one attached hydrogen (secondary N) is 1. The van der Waals surface area contributed by atoms with E-state index in [1.165, 1.54) is 5.76 Å². The summed E-state index contributed by atoms with van der Waals surface area (Å²) in [5.74, 6) is 2.20. The zero-order chi connectivity index (χ0) is 8.18. The second-order valence-electron chi connectivity index (χ2n) is 3.82. The summed E-state index contributed by atoms with van der Waals surface area (Å²) < 4.78 is 5.41. The summed E-state index contributed by atoms with van der Waals surface area (Å²) in [7, 11) is 2.11. The van der Waals surface area contributed by atoms with Crippen LogP contribution in [0.4, 0.5) is 0 Å². The Bertz CT molecular complexity index is 295. The van der Waals surface area contributed by atoms with Crippen molar-refractivity contribution in [3.05, 3.63) is 23.9 Å². The Hall–Kier alpha value is -1.12. The Balaban J connectivity index is 1.96. The summed E-state index contributed by atoms with van der Waals surface area (Å²) in [5.41, 5.74) is 0.218. The zero-order valence-electron chi connectivity index (χ0n) is 7.13. The highest BCUT2D eigenvalue weighted by Gasteiger charge is 2.49. The quantitative estimate of drug-likeness (QED) is 0.569. The summed E-state index contributed by atoms with van der Waals surface area (Å²) >= 11 is 0. The average molecular weight is 164 g/mol. The predicted octanol–water partition coefficient (Wildman–Crippen LogP) is 0.625. The van der Waals surface area contributed by atoms with Gasteiger partial charge in [-0.1, -0.05) is 6.08 Å². The molecule has 0 unspecified atom stereocenters. The fourth-order valence-corrected chi connectivity index (χ4v) is 2.16. The van der Waals surface area contributed by atoms with E-state index in [1.807, 2.05) is 0 Å². The second-order valence-corrected chi connectivity index (χ2v) is 3.82. The van der Waals surface area contributed by atoms with Gasteiger partial charge in [-0.3, -0.25) is 0 Å². The van der Waals surface area contributed by atoms with E-state index < -0.39 is 0 Å². The van der Waals surface area contributed by atoms with E-state index in [-0.39, 0.29) is 5.41 Å². The van der Waals surface area contributed by atoms with Crippen molar-refractivity contribution in [1.82, 2.24) is 10.2 Å². The lowest BCUT2D eigenvalue weighted by molar-refractivity contribution is 0.298. The van der Waals surface area contributed by atoms with Crippen LogP contribution in [0.3, 0.4) is 0 Å². The molecule has 0 radical (unpaired) electrons. The Kier molecular flexibility index (Phi) is 0.953. The van der Waals surface area contributed by atoms with E-state index in [0.29, 0.717) is 0 Å². The first-order valence-corrected chi connectivity index (χ1v) is 4.36. The lowest BCUT2D eigenvalue weighted by atomic mass is 9.84. The fraction of sp³-hybridized carbons (Fsp3) is 0.556. The van der Waals surface area contributed by atoms with E-state index in [4.69, 9.17) is 4.74 Å². The maximum absolute atomic E-state index is 5.41. The molecule has 1 N–H and O–H groups in total. The van der Waals surface area contributed by atoms with Crippen molar-refractivity contribution in [1.29, 1.82) is 0 Å². The van der Waals surface area contributed by atoms with Crippen LogP contribution in [0.15, 0.2) is 23.9 Å². The van der Waals surface area contributed by atoms with E-state index in [0.717, 1.165) is 25.4 Å². The van der Waals surface area contributed by atoms with Crippen molar-refractivity contribution in [2.75, 3.05) is 20.1 Å². The van der Waals surface area contributed by atoms with Crippen LogP contribution in [0.2, 0.25) is 0 Å². The number of nitrogens with zero attached hydrogens (tertiary/aromatic N) is 1. The van der Waals surface area contributed by atoms with Crippen LogP contribution in [-0.2, 0) is 4.74 Å². The number of hydrogen-bond acceptors (Lipinski definition) is 3. The van der Waals surface area contributed by atoms with Crippen LogP contribution in [-0.4, -0.2) is 25.0 Å². The zero-order valence-corrected chi connectivity index (χ0v) is 7.13. The highest BCUT2D eigenvalue weighted by atomic mass is 16.6. The molecule has 0 bridgehead atoms. The predicted molar refractivity (Wildman–Crippen MR) is 44.9 cm³/mol. The minimum Gasteiger partial charge on any atom is -0.436 e. The number of rotatable bonds is 0. The molecule has 0 saturated heterocycles. The molecule has 3 rings (SSSR count). The molecule has 0 aromatic rings. The van der Waals surface area contributed by atoms with Gasteiger partial charge in [0.05, 0.1) is 5.41 Å². The third-order valence-electron chi connectivity index (χ3n) is 2.86. The molecule has 0 aromatic carbocycles. The number of fused-ring (bicyclic) bond motifs is 1. The summed E-state index contributed by atoms with van der Waals surface area (Å²) in [5, 5.41) is 3.23. The van der Waals surface area contributed by atoms with Crippen LogP contribution in [0.25, 0.3) is 0 Å². The Labute approximate surface area is 71.7 Å². The van der Waals surface area contributed by atoms with Gasteiger partial charge in [-0.2, -0.15) is 0 Å². The van der Waals surface area contributed by atoms with Crippen molar-refractivity contribution >= 4 is 0 Å². The molecule has 3 aliphatic rings. The molecule has 0 aromatic heterocycles. The Morgan fingerprint density at radius 1 is 1.67 bits per heavy atom. The van der Waals surface area contributed by atoms with Gasteiger partial charge in [0.2, 0.25) is 5.88 Å². The van der Waals surface area contributed by atoms with Crippen molar-refractivity contribution < 1.29 is 4.74 Å². The third kappa shape index (κ3) is 0.661. The monoisotopic (exact) mass is 164 g/mol. The van der Waals surface area contributed by atoms with Crippen molar-refractivity contribution in [3.63, 3.8) is 0 Å². The number of hydrogen-bond donors (Lipinski definition) is 1. The molecule has 1 spiro atoms. The SMILES string of the molecule is CN1C=C[C@@]2(CCNC3=C2O3)C1. The second kappa shape index (κ2) is 1.79. The minimum absolute atomic E-state index is 0.218. The molecule has 12 heavy (non-hydrogen) atoms. The molecular weight excluding hydrogens is 152 g/mol.